The monoisotopic (exact) mass is 362 g/mol. The minimum atomic E-state index is -0.0745. The van der Waals surface area contributed by atoms with Gasteiger partial charge in [-0.2, -0.15) is 0 Å². The van der Waals surface area contributed by atoms with Crippen molar-refractivity contribution in [2.45, 2.75) is 30.6 Å². The molecule has 7 heteroatoms. The molecule has 0 fully saturated rings. The van der Waals surface area contributed by atoms with Gasteiger partial charge in [0.2, 0.25) is 5.91 Å². The normalized spacial score (nSPS) is 13.5. The number of hydrogen-bond donors (Lipinski definition) is 1. The van der Waals surface area contributed by atoms with Gasteiger partial charge in [-0.25, -0.2) is 4.98 Å². The van der Waals surface area contributed by atoms with Crippen LogP contribution in [0.3, 0.4) is 0 Å². The summed E-state index contributed by atoms with van der Waals surface area (Å²) in [5, 5.41) is 3.34. The number of ether oxygens (including phenoxy) is 1. The number of aromatic nitrogens is 1. The molecule has 0 bridgehead atoms. The van der Waals surface area contributed by atoms with Crippen LogP contribution in [0.15, 0.2) is 29.2 Å². The van der Waals surface area contributed by atoms with E-state index in [2.05, 4.69) is 10.3 Å². The number of methoxy groups -OCH3 is 1. The molecule has 3 rings (SSSR count). The molecule has 1 aromatic carbocycles. The van der Waals surface area contributed by atoms with Gasteiger partial charge in [0.25, 0.3) is 0 Å². The number of carbonyl (C=O) groups is 2. The SMILES string of the molecule is COc1ccc(SCCC(=O)Nc2nc3c(s2)C(=O)CCC3)cc1. The number of nitrogens with one attached hydrogen (secondary N) is 1. The van der Waals surface area contributed by atoms with E-state index in [0.717, 1.165) is 29.2 Å². The van der Waals surface area contributed by atoms with E-state index in [0.29, 0.717) is 28.6 Å². The molecule has 1 heterocycles. The molecule has 2 aromatic rings. The van der Waals surface area contributed by atoms with Gasteiger partial charge in [-0.1, -0.05) is 11.3 Å². The number of anilines is 1. The van der Waals surface area contributed by atoms with Crippen LogP contribution in [0.1, 0.15) is 34.6 Å². The number of aryl methyl sites for hydroxylation is 1. The quantitative estimate of drug-likeness (QED) is 0.792. The van der Waals surface area contributed by atoms with Crippen molar-refractivity contribution in [1.29, 1.82) is 0 Å². The third-order valence-electron chi connectivity index (χ3n) is 3.67. The van der Waals surface area contributed by atoms with Crippen molar-refractivity contribution in [1.82, 2.24) is 4.98 Å². The van der Waals surface area contributed by atoms with Crippen LogP contribution in [-0.4, -0.2) is 29.5 Å². The highest BCUT2D eigenvalue weighted by Gasteiger charge is 2.22. The Labute approximate surface area is 148 Å². The maximum absolute atomic E-state index is 12.0. The van der Waals surface area contributed by atoms with Gasteiger partial charge in [-0.3, -0.25) is 9.59 Å². The van der Waals surface area contributed by atoms with Crippen LogP contribution >= 0.6 is 23.1 Å². The molecule has 126 valence electrons. The summed E-state index contributed by atoms with van der Waals surface area (Å²) in [6.45, 7) is 0. The predicted molar refractivity (Wildman–Crippen MR) is 96.3 cm³/mol. The molecule has 1 aromatic heterocycles. The number of amides is 1. The average Bonchev–Trinajstić information content (AvgIpc) is 2.99. The van der Waals surface area contributed by atoms with Crippen molar-refractivity contribution in [3.8, 4) is 5.75 Å². The number of rotatable bonds is 6. The standard InChI is InChI=1S/C17H18N2O3S2/c1-22-11-5-7-12(8-6-11)23-10-9-15(21)19-17-18-13-3-2-4-14(20)16(13)24-17/h5-8H,2-4,9-10H2,1H3,(H,18,19,21). The molecule has 0 spiro atoms. The van der Waals surface area contributed by atoms with Crippen molar-refractivity contribution >= 4 is 39.9 Å². The third-order valence-corrected chi connectivity index (χ3v) is 5.74. The van der Waals surface area contributed by atoms with Crippen LogP contribution < -0.4 is 10.1 Å². The average molecular weight is 362 g/mol. The van der Waals surface area contributed by atoms with Crippen LogP contribution in [0.4, 0.5) is 5.13 Å². The van der Waals surface area contributed by atoms with E-state index in [1.165, 1.54) is 11.3 Å². The number of thioether (sulfide) groups is 1. The lowest BCUT2D eigenvalue weighted by Crippen LogP contribution is -2.12. The van der Waals surface area contributed by atoms with E-state index in [-0.39, 0.29) is 11.7 Å². The molecule has 0 atom stereocenters. The van der Waals surface area contributed by atoms with E-state index in [4.69, 9.17) is 4.74 Å². The molecule has 0 radical (unpaired) electrons. The van der Waals surface area contributed by atoms with Crippen LogP contribution in [0, 0.1) is 0 Å². The number of carbonyl (C=O) groups excluding carboxylic acids is 2. The second-order valence-corrected chi connectivity index (χ2v) is 7.56. The second kappa shape index (κ2) is 7.81. The van der Waals surface area contributed by atoms with E-state index in [9.17, 15) is 9.59 Å². The Bertz CT molecular complexity index is 741. The fourth-order valence-electron chi connectivity index (χ4n) is 2.44. The van der Waals surface area contributed by atoms with Gasteiger partial charge in [0.05, 0.1) is 17.7 Å². The van der Waals surface area contributed by atoms with Crippen molar-refractivity contribution in [2.75, 3.05) is 18.2 Å². The van der Waals surface area contributed by atoms with Gasteiger partial charge in [0, 0.05) is 23.5 Å². The summed E-state index contributed by atoms with van der Waals surface area (Å²) in [7, 11) is 1.64. The smallest absolute Gasteiger partial charge is 0.226 e. The van der Waals surface area contributed by atoms with Gasteiger partial charge in [-0.05, 0) is 37.1 Å². The zero-order valence-corrected chi connectivity index (χ0v) is 15.0. The first kappa shape index (κ1) is 17.0. The summed E-state index contributed by atoms with van der Waals surface area (Å²) in [5.74, 6) is 1.57. The molecule has 0 saturated heterocycles. The Morgan fingerprint density at radius 1 is 1.33 bits per heavy atom. The topological polar surface area (TPSA) is 68.3 Å². The lowest BCUT2D eigenvalue weighted by Gasteiger charge is -2.05. The highest BCUT2D eigenvalue weighted by atomic mass is 32.2. The minimum absolute atomic E-state index is 0.0745. The Morgan fingerprint density at radius 3 is 2.83 bits per heavy atom. The number of Topliss-reactive ketones (excluding diaryl/α,β-unsaturated/α-hetero) is 1. The van der Waals surface area contributed by atoms with Gasteiger partial charge in [-0.15, -0.1) is 11.8 Å². The van der Waals surface area contributed by atoms with Crippen molar-refractivity contribution in [3.05, 3.63) is 34.8 Å². The fourth-order valence-corrected chi connectivity index (χ4v) is 4.28. The number of benzene rings is 1. The van der Waals surface area contributed by atoms with Crippen LogP contribution in [-0.2, 0) is 11.2 Å². The maximum Gasteiger partial charge on any atom is 0.226 e. The highest BCUT2D eigenvalue weighted by Crippen LogP contribution is 2.29. The molecule has 1 amide bonds. The van der Waals surface area contributed by atoms with E-state index < -0.39 is 0 Å². The van der Waals surface area contributed by atoms with Crippen molar-refractivity contribution < 1.29 is 14.3 Å². The number of fused-ring (bicyclic) bond motifs is 1. The molecule has 24 heavy (non-hydrogen) atoms. The first-order valence-corrected chi connectivity index (χ1v) is 9.55. The van der Waals surface area contributed by atoms with Crippen molar-refractivity contribution in [2.24, 2.45) is 0 Å². The van der Waals surface area contributed by atoms with Gasteiger partial charge >= 0.3 is 0 Å². The van der Waals surface area contributed by atoms with Gasteiger partial charge in [0.1, 0.15) is 5.75 Å². The van der Waals surface area contributed by atoms with Crippen molar-refractivity contribution in [3.63, 3.8) is 0 Å². The van der Waals surface area contributed by atoms with Crippen LogP contribution in [0.25, 0.3) is 0 Å². The van der Waals surface area contributed by atoms with Gasteiger partial charge < -0.3 is 10.1 Å². The first-order chi connectivity index (χ1) is 11.7. The summed E-state index contributed by atoms with van der Waals surface area (Å²) in [6, 6.07) is 7.75. The summed E-state index contributed by atoms with van der Waals surface area (Å²) in [6.07, 6.45) is 2.65. The molecule has 1 aliphatic carbocycles. The number of thiazole rings is 1. The molecule has 1 N–H and O–H groups in total. The minimum Gasteiger partial charge on any atom is -0.497 e. The summed E-state index contributed by atoms with van der Waals surface area (Å²) < 4.78 is 5.12. The summed E-state index contributed by atoms with van der Waals surface area (Å²) >= 11 is 2.91. The van der Waals surface area contributed by atoms with Crippen LogP contribution in [0.5, 0.6) is 5.75 Å². The number of nitrogens with zero attached hydrogens (tertiary/aromatic N) is 1. The van der Waals surface area contributed by atoms with Crippen LogP contribution in [0.2, 0.25) is 0 Å². The molecular weight excluding hydrogens is 344 g/mol. The zero-order chi connectivity index (χ0) is 16.9. The van der Waals surface area contributed by atoms with Gasteiger partial charge in [0.15, 0.2) is 10.9 Å². The Morgan fingerprint density at radius 2 is 2.12 bits per heavy atom. The fraction of sp³-hybridized carbons (Fsp3) is 0.353. The predicted octanol–water partition coefficient (Wildman–Crippen LogP) is 3.79. The largest absolute Gasteiger partial charge is 0.497 e. The zero-order valence-electron chi connectivity index (χ0n) is 13.3. The molecule has 0 aliphatic heterocycles. The van der Waals surface area contributed by atoms with E-state index in [1.807, 2.05) is 24.3 Å². The Hall–Kier alpha value is -1.86. The maximum atomic E-state index is 12.0. The Kier molecular flexibility index (Phi) is 5.52. The first-order valence-electron chi connectivity index (χ1n) is 7.75. The number of hydrogen-bond acceptors (Lipinski definition) is 6. The van der Waals surface area contributed by atoms with E-state index >= 15 is 0 Å². The molecule has 5 nitrogen and oxygen atoms in total. The summed E-state index contributed by atoms with van der Waals surface area (Å²) in [5.41, 5.74) is 0.833. The molecule has 1 aliphatic rings. The highest BCUT2D eigenvalue weighted by molar-refractivity contribution is 7.99. The second-order valence-electron chi connectivity index (χ2n) is 5.39. The molecular formula is C17H18N2O3S2. The Balaban J connectivity index is 1.48. The lowest BCUT2D eigenvalue weighted by molar-refractivity contribution is -0.115. The molecule has 0 unspecified atom stereocenters. The number of ketones is 1. The lowest BCUT2D eigenvalue weighted by atomic mass is 10.0. The summed E-state index contributed by atoms with van der Waals surface area (Å²) in [4.78, 5) is 30.0. The van der Waals surface area contributed by atoms with E-state index in [1.54, 1.807) is 18.9 Å². The molecule has 0 saturated carbocycles. The third kappa shape index (κ3) is 4.15.